The van der Waals surface area contributed by atoms with Crippen molar-refractivity contribution in [2.45, 2.75) is 6.92 Å². The minimum Gasteiger partial charge on any atom is -0.493 e. The van der Waals surface area contributed by atoms with Crippen LogP contribution in [-0.2, 0) is 0 Å². The van der Waals surface area contributed by atoms with Gasteiger partial charge in [0.2, 0.25) is 0 Å². The Bertz CT molecular complexity index is 656. The van der Waals surface area contributed by atoms with E-state index in [9.17, 15) is 9.18 Å². The van der Waals surface area contributed by atoms with Crippen LogP contribution in [0.3, 0.4) is 0 Å². The molecule has 2 aromatic carbocycles. The van der Waals surface area contributed by atoms with Crippen molar-refractivity contribution in [1.82, 2.24) is 0 Å². The molecule has 104 valence electrons. The summed E-state index contributed by atoms with van der Waals surface area (Å²) in [4.78, 5) is 12.5. The van der Waals surface area contributed by atoms with Gasteiger partial charge in [0.1, 0.15) is 11.6 Å². The molecule has 20 heavy (non-hydrogen) atoms. The summed E-state index contributed by atoms with van der Waals surface area (Å²) < 4.78 is 20.7. The third-order valence-electron chi connectivity index (χ3n) is 2.66. The van der Waals surface area contributed by atoms with Crippen LogP contribution >= 0.6 is 31.9 Å². The average molecular weight is 402 g/mol. The van der Waals surface area contributed by atoms with E-state index < -0.39 is 11.6 Å². The van der Waals surface area contributed by atoms with Gasteiger partial charge in [-0.05, 0) is 43.3 Å². The maximum atomic E-state index is 13.9. The summed E-state index contributed by atoms with van der Waals surface area (Å²) in [6, 6.07) is 9.46. The molecule has 0 amide bonds. The Hall–Kier alpha value is -1.20. The Balaban J connectivity index is 2.49. The van der Waals surface area contributed by atoms with Crippen LogP contribution in [0.1, 0.15) is 22.8 Å². The van der Waals surface area contributed by atoms with Gasteiger partial charge in [-0.3, -0.25) is 4.79 Å². The highest BCUT2D eigenvalue weighted by Crippen LogP contribution is 2.27. The van der Waals surface area contributed by atoms with Crippen molar-refractivity contribution in [2.75, 3.05) is 6.61 Å². The highest BCUT2D eigenvalue weighted by Gasteiger charge is 2.18. The highest BCUT2D eigenvalue weighted by atomic mass is 79.9. The lowest BCUT2D eigenvalue weighted by molar-refractivity contribution is 0.103. The maximum Gasteiger partial charge on any atom is 0.199 e. The smallest absolute Gasteiger partial charge is 0.199 e. The molecule has 0 N–H and O–H groups in total. The summed E-state index contributed by atoms with van der Waals surface area (Å²) in [5.74, 6) is -0.519. The van der Waals surface area contributed by atoms with Crippen molar-refractivity contribution in [2.24, 2.45) is 0 Å². The first-order valence-electron chi connectivity index (χ1n) is 5.95. The standard InChI is InChI=1S/C15H11Br2FO2/c1-2-20-14-6-4-9(16)7-12(14)15(19)11-5-3-10(17)8-13(11)18/h3-8H,2H2,1H3. The van der Waals surface area contributed by atoms with Gasteiger partial charge in [0.15, 0.2) is 5.78 Å². The zero-order valence-corrected chi connectivity index (χ0v) is 13.8. The lowest BCUT2D eigenvalue weighted by Gasteiger charge is -2.10. The first kappa shape index (κ1) is 15.2. The van der Waals surface area contributed by atoms with Crippen molar-refractivity contribution in [3.8, 4) is 5.75 Å². The molecule has 5 heteroatoms. The number of carbonyl (C=O) groups excluding carboxylic acids is 1. The number of carbonyl (C=O) groups is 1. The van der Waals surface area contributed by atoms with Crippen LogP contribution in [0, 0.1) is 5.82 Å². The SMILES string of the molecule is CCOc1ccc(Br)cc1C(=O)c1ccc(Br)cc1F. The molecule has 0 atom stereocenters. The van der Waals surface area contributed by atoms with Gasteiger partial charge >= 0.3 is 0 Å². The third-order valence-corrected chi connectivity index (χ3v) is 3.65. The second-order valence-corrected chi connectivity index (χ2v) is 5.86. The van der Waals surface area contributed by atoms with E-state index in [0.29, 0.717) is 22.4 Å². The van der Waals surface area contributed by atoms with E-state index in [1.54, 1.807) is 24.3 Å². The van der Waals surface area contributed by atoms with E-state index >= 15 is 0 Å². The summed E-state index contributed by atoms with van der Waals surface area (Å²) in [7, 11) is 0. The monoisotopic (exact) mass is 400 g/mol. The normalized spacial score (nSPS) is 10.4. The van der Waals surface area contributed by atoms with Gasteiger partial charge in [-0.25, -0.2) is 4.39 Å². The van der Waals surface area contributed by atoms with E-state index in [-0.39, 0.29) is 5.56 Å². The molecule has 0 aliphatic heterocycles. The molecule has 0 spiro atoms. The van der Waals surface area contributed by atoms with E-state index in [1.165, 1.54) is 12.1 Å². The van der Waals surface area contributed by atoms with Gasteiger partial charge in [0, 0.05) is 8.95 Å². The molecule has 0 saturated carbocycles. The molecule has 0 bridgehead atoms. The average Bonchev–Trinajstić information content (AvgIpc) is 2.40. The van der Waals surface area contributed by atoms with E-state index in [2.05, 4.69) is 31.9 Å². The molecule has 0 aromatic heterocycles. The number of hydrogen-bond acceptors (Lipinski definition) is 2. The number of benzene rings is 2. The predicted octanol–water partition coefficient (Wildman–Crippen LogP) is 4.98. The minimum absolute atomic E-state index is 0.0206. The molecule has 0 heterocycles. The van der Waals surface area contributed by atoms with Crippen LogP contribution in [0.4, 0.5) is 4.39 Å². The number of rotatable bonds is 4. The summed E-state index contributed by atoms with van der Waals surface area (Å²) in [5, 5.41) is 0. The quantitative estimate of drug-likeness (QED) is 0.675. The van der Waals surface area contributed by atoms with Crippen LogP contribution < -0.4 is 4.74 Å². The molecule has 0 aliphatic rings. The Morgan fingerprint density at radius 2 is 1.75 bits per heavy atom. The molecule has 0 saturated heterocycles. The summed E-state index contributed by atoms with van der Waals surface area (Å²) >= 11 is 6.48. The van der Waals surface area contributed by atoms with Gasteiger partial charge < -0.3 is 4.74 Å². The fourth-order valence-corrected chi connectivity index (χ4v) is 2.47. The second-order valence-electron chi connectivity index (χ2n) is 4.03. The molecular weight excluding hydrogens is 391 g/mol. The lowest BCUT2D eigenvalue weighted by atomic mass is 10.0. The van der Waals surface area contributed by atoms with Crippen LogP contribution in [-0.4, -0.2) is 12.4 Å². The zero-order valence-electron chi connectivity index (χ0n) is 10.6. The topological polar surface area (TPSA) is 26.3 Å². The molecule has 0 fully saturated rings. The van der Waals surface area contributed by atoms with Crippen molar-refractivity contribution in [3.05, 3.63) is 62.3 Å². The van der Waals surface area contributed by atoms with Crippen molar-refractivity contribution in [1.29, 1.82) is 0 Å². The molecular formula is C15H11Br2FO2. The minimum atomic E-state index is -0.563. The van der Waals surface area contributed by atoms with E-state index in [4.69, 9.17) is 4.74 Å². The van der Waals surface area contributed by atoms with Crippen LogP contribution in [0.15, 0.2) is 45.3 Å². The molecule has 2 nitrogen and oxygen atoms in total. The third kappa shape index (κ3) is 3.27. The van der Waals surface area contributed by atoms with Crippen LogP contribution in [0.25, 0.3) is 0 Å². The second kappa shape index (κ2) is 6.50. The summed E-state index contributed by atoms with van der Waals surface area (Å²) in [6.45, 7) is 2.27. The van der Waals surface area contributed by atoms with Gasteiger partial charge in [0.05, 0.1) is 17.7 Å². The Morgan fingerprint density at radius 3 is 2.40 bits per heavy atom. The Morgan fingerprint density at radius 1 is 1.10 bits per heavy atom. The van der Waals surface area contributed by atoms with Crippen molar-refractivity contribution >= 4 is 37.6 Å². The fraction of sp³-hybridized carbons (Fsp3) is 0.133. The van der Waals surface area contributed by atoms with Gasteiger partial charge in [-0.2, -0.15) is 0 Å². The number of ketones is 1. The van der Waals surface area contributed by atoms with Gasteiger partial charge in [0.25, 0.3) is 0 Å². The lowest BCUT2D eigenvalue weighted by Crippen LogP contribution is -2.07. The fourth-order valence-electron chi connectivity index (χ4n) is 1.78. The van der Waals surface area contributed by atoms with Gasteiger partial charge in [-0.1, -0.05) is 31.9 Å². The maximum absolute atomic E-state index is 13.9. The molecule has 2 aromatic rings. The van der Waals surface area contributed by atoms with Gasteiger partial charge in [-0.15, -0.1) is 0 Å². The van der Waals surface area contributed by atoms with Crippen LogP contribution in [0.5, 0.6) is 5.75 Å². The van der Waals surface area contributed by atoms with Crippen LogP contribution in [0.2, 0.25) is 0 Å². The summed E-state index contributed by atoms with van der Waals surface area (Å²) in [5.41, 5.74) is 0.356. The zero-order chi connectivity index (χ0) is 14.7. The predicted molar refractivity (Wildman–Crippen MR) is 82.8 cm³/mol. The van der Waals surface area contributed by atoms with Crippen molar-refractivity contribution < 1.29 is 13.9 Å². The Labute approximate surface area is 133 Å². The van der Waals surface area contributed by atoms with E-state index in [0.717, 1.165) is 4.47 Å². The first-order valence-corrected chi connectivity index (χ1v) is 7.53. The largest absolute Gasteiger partial charge is 0.493 e. The highest BCUT2D eigenvalue weighted by molar-refractivity contribution is 9.10. The molecule has 0 unspecified atom stereocenters. The van der Waals surface area contributed by atoms with Crippen molar-refractivity contribution in [3.63, 3.8) is 0 Å². The number of ether oxygens (including phenoxy) is 1. The first-order chi connectivity index (χ1) is 9.52. The van der Waals surface area contributed by atoms with E-state index in [1.807, 2.05) is 6.92 Å². The summed E-state index contributed by atoms with van der Waals surface area (Å²) in [6.07, 6.45) is 0. The number of hydrogen-bond donors (Lipinski definition) is 0. The molecule has 0 aliphatic carbocycles. The molecule has 2 rings (SSSR count). The number of halogens is 3. The Kier molecular flexibility index (Phi) is 4.94. The molecule has 0 radical (unpaired) electrons.